The van der Waals surface area contributed by atoms with E-state index in [-0.39, 0.29) is 6.29 Å². The van der Waals surface area contributed by atoms with Crippen LogP contribution in [0.1, 0.15) is 19.3 Å². The maximum absolute atomic E-state index is 9.93. The third kappa shape index (κ3) is 3.67. The Hall–Kier alpha value is -0.330. The summed E-state index contributed by atoms with van der Waals surface area (Å²) in [6.45, 7) is -1.44. The molecule has 0 heterocycles. The van der Waals surface area contributed by atoms with E-state index in [1.165, 1.54) is 0 Å². The smallest absolute Gasteiger partial charge is 0.122 e. The molecule has 1 unspecified atom stereocenters. The summed E-state index contributed by atoms with van der Waals surface area (Å²) in [6, 6.07) is 0. The van der Waals surface area contributed by atoms with Crippen LogP contribution >= 0.6 is 0 Å². The van der Waals surface area contributed by atoms with Crippen molar-refractivity contribution in [3.63, 3.8) is 0 Å². The van der Waals surface area contributed by atoms with Crippen molar-refractivity contribution in [2.45, 2.75) is 13.8 Å². The fourth-order valence-electron chi connectivity index (χ4n) is 0. The minimum Gasteiger partial charge on any atom is -0.303 e. The van der Waals surface area contributed by atoms with E-state index in [1.54, 1.807) is 0 Å². The topological polar surface area (TPSA) is 17.1 Å². The quantitative estimate of drug-likeness (QED) is 0.423. The van der Waals surface area contributed by atoms with Crippen molar-refractivity contribution < 1.29 is 10.3 Å². The molecule has 1 nitrogen and oxygen atoms in total. The summed E-state index contributed by atoms with van der Waals surface area (Å²) in [5.41, 5.74) is 0. The molecule has 0 aliphatic carbocycles. The van der Waals surface area contributed by atoms with Crippen molar-refractivity contribution in [3.05, 3.63) is 0 Å². The number of hydrogen-bond donors (Lipinski definition) is 0. The SMILES string of the molecule is [2H]C([2H])([2H])C([2H])(C)C=O. The fraction of sp³-hybridized carbons (Fsp3) is 0.750. The molecule has 0 bridgehead atoms. The van der Waals surface area contributed by atoms with Gasteiger partial charge in [0.1, 0.15) is 6.29 Å². The molecule has 0 radical (unpaired) electrons. The predicted octanol–water partition coefficient (Wildman–Crippen LogP) is 0.841. The molecule has 0 fully saturated rings. The zero-order chi connectivity index (χ0) is 7.71. The van der Waals surface area contributed by atoms with E-state index in [2.05, 4.69) is 0 Å². The maximum atomic E-state index is 9.93. The van der Waals surface area contributed by atoms with Gasteiger partial charge in [-0.25, -0.2) is 0 Å². The van der Waals surface area contributed by atoms with Gasteiger partial charge in [-0.15, -0.1) is 0 Å². The van der Waals surface area contributed by atoms with Gasteiger partial charge in [0.2, 0.25) is 0 Å². The zero-order valence-electron chi connectivity index (χ0n) is 6.99. The van der Waals surface area contributed by atoms with Crippen LogP contribution < -0.4 is 0 Å². The van der Waals surface area contributed by atoms with Gasteiger partial charge in [-0.1, -0.05) is 13.8 Å². The molecule has 0 spiro atoms. The molecule has 1 atom stereocenters. The summed E-state index contributed by atoms with van der Waals surface area (Å²) >= 11 is 0. The van der Waals surface area contributed by atoms with Crippen molar-refractivity contribution >= 4 is 6.29 Å². The average molecular weight is 76.1 g/mol. The molecular weight excluding hydrogens is 64.0 g/mol. The van der Waals surface area contributed by atoms with Crippen LogP contribution in [0.5, 0.6) is 0 Å². The molecule has 0 amide bonds. The zero-order valence-corrected chi connectivity index (χ0v) is 2.99. The minimum atomic E-state index is -2.51. The highest BCUT2D eigenvalue weighted by atomic mass is 16.1. The Kier molecular flexibility index (Phi) is 0.415. The summed E-state index contributed by atoms with van der Waals surface area (Å²) < 4.78 is 26.8. The van der Waals surface area contributed by atoms with Crippen molar-refractivity contribution in [2.24, 2.45) is 5.89 Å². The molecule has 0 saturated heterocycles. The molecule has 5 heavy (non-hydrogen) atoms. The first-order chi connectivity index (χ1) is 3.81. The van der Waals surface area contributed by atoms with Gasteiger partial charge in [0.15, 0.2) is 0 Å². The lowest BCUT2D eigenvalue weighted by Crippen LogP contribution is -1.82. The Morgan fingerprint density at radius 1 is 2.40 bits per heavy atom. The molecule has 30 valence electrons. The van der Waals surface area contributed by atoms with Crippen LogP contribution in [0.25, 0.3) is 0 Å². The van der Waals surface area contributed by atoms with Gasteiger partial charge < -0.3 is 4.79 Å². The molecular formula is C4H8O. The van der Waals surface area contributed by atoms with Gasteiger partial charge in [0, 0.05) is 11.4 Å². The van der Waals surface area contributed by atoms with E-state index in [9.17, 15) is 4.79 Å². The van der Waals surface area contributed by atoms with E-state index in [1.807, 2.05) is 0 Å². The number of hydrogen-bond acceptors (Lipinski definition) is 1. The Balaban J connectivity index is 4.32. The molecule has 0 aromatic carbocycles. The van der Waals surface area contributed by atoms with Gasteiger partial charge in [0.05, 0.1) is 0 Å². The fourth-order valence-corrected chi connectivity index (χ4v) is 0. The number of carbonyl (C=O) groups is 1. The lowest BCUT2D eigenvalue weighted by molar-refractivity contribution is -0.110. The minimum absolute atomic E-state index is 0.125. The van der Waals surface area contributed by atoms with Gasteiger partial charge in [-0.05, 0) is 0 Å². The Labute approximate surface area is 37.6 Å². The van der Waals surface area contributed by atoms with Crippen LogP contribution in [0.3, 0.4) is 0 Å². The van der Waals surface area contributed by atoms with Crippen molar-refractivity contribution in [1.82, 2.24) is 0 Å². The Morgan fingerprint density at radius 2 is 3.00 bits per heavy atom. The number of carbonyl (C=O) groups excluding carboxylic acids is 1. The van der Waals surface area contributed by atoms with Crippen LogP contribution in [-0.4, -0.2) is 6.29 Å². The van der Waals surface area contributed by atoms with E-state index in [4.69, 9.17) is 5.48 Å². The first kappa shape index (κ1) is 1.07. The van der Waals surface area contributed by atoms with E-state index in [0.717, 1.165) is 6.92 Å². The summed E-state index contributed by atoms with van der Waals surface area (Å²) in [6.07, 6.45) is 0.125. The van der Waals surface area contributed by atoms with Crippen LogP contribution in [0, 0.1) is 5.89 Å². The predicted molar refractivity (Wildman–Crippen MR) is 20.9 cm³/mol. The molecule has 0 aromatic rings. The third-order valence-corrected chi connectivity index (χ3v) is 0.177. The van der Waals surface area contributed by atoms with Crippen molar-refractivity contribution in [1.29, 1.82) is 0 Å². The summed E-state index contributed by atoms with van der Waals surface area (Å²) in [5.74, 6) is -1.95. The third-order valence-electron chi connectivity index (χ3n) is 0.177. The second kappa shape index (κ2) is 1.94. The van der Waals surface area contributed by atoms with Gasteiger partial charge in [-0.2, -0.15) is 0 Å². The van der Waals surface area contributed by atoms with Crippen molar-refractivity contribution in [2.75, 3.05) is 0 Å². The van der Waals surface area contributed by atoms with Crippen LogP contribution in [-0.2, 0) is 4.79 Å². The van der Waals surface area contributed by atoms with E-state index in [0.29, 0.717) is 0 Å². The highest BCUT2D eigenvalue weighted by Gasteiger charge is 1.79. The molecule has 0 N–H and O–H groups in total. The first-order valence-electron chi connectivity index (χ1n) is 3.27. The Bertz CT molecular complexity index is 114. The number of rotatable bonds is 1. The standard InChI is InChI=1S/C4H8O/c1-4(2)3-5/h3-4H,1-2H3/i1D3,4D. The largest absolute Gasteiger partial charge is 0.303 e. The average Bonchev–Trinajstić information content (AvgIpc) is 1.64. The second-order valence-electron chi connectivity index (χ2n) is 0.801. The summed E-state index contributed by atoms with van der Waals surface area (Å²) in [5, 5.41) is 0. The van der Waals surface area contributed by atoms with Crippen molar-refractivity contribution in [3.8, 4) is 0 Å². The molecule has 1 heteroatoms. The van der Waals surface area contributed by atoms with Crippen LogP contribution in [0.4, 0.5) is 0 Å². The van der Waals surface area contributed by atoms with Crippen LogP contribution in [0.15, 0.2) is 0 Å². The first-order valence-corrected chi connectivity index (χ1v) is 1.27. The van der Waals surface area contributed by atoms with Gasteiger partial charge >= 0.3 is 0 Å². The highest BCUT2D eigenvalue weighted by Crippen LogP contribution is 1.78. The summed E-state index contributed by atoms with van der Waals surface area (Å²) in [4.78, 5) is 9.93. The molecule has 0 aromatic heterocycles. The monoisotopic (exact) mass is 76.1 g/mol. The van der Waals surface area contributed by atoms with Gasteiger partial charge in [-0.3, -0.25) is 0 Å². The van der Waals surface area contributed by atoms with Gasteiger partial charge in [0.25, 0.3) is 0 Å². The van der Waals surface area contributed by atoms with E-state index >= 15 is 0 Å². The number of aldehydes is 1. The molecule has 0 aliphatic heterocycles. The van der Waals surface area contributed by atoms with E-state index < -0.39 is 12.7 Å². The summed E-state index contributed by atoms with van der Waals surface area (Å²) in [7, 11) is 0. The second-order valence-corrected chi connectivity index (χ2v) is 0.801. The Morgan fingerprint density at radius 3 is 3.00 bits per heavy atom. The normalized spacial score (nSPS) is 34.6. The lowest BCUT2D eigenvalue weighted by atomic mass is 10.3. The molecule has 0 saturated carbocycles. The highest BCUT2D eigenvalue weighted by molar-refractivity contribution is 5.51. The molecule has 0 aliphatic rings. The van der Waals surface area contributed by atoms with Crippen LogP contribution in [0.2, 0.25) is 0 Å². The molecule has 0 rings (SSSR count). The maximum Gasteiger partial charge on any atom is 0.122 e. The lowest BCUT2D eigenvalue weighted by Gasteiger charge is -1.78.